The van der Waals surface area contributed by atoms with Crippen molar-refractivity contribution in [2.75, 3.05) is 5.32 Å². The normalized spacial score (nSPS) is 10.0. The largest absolute Gasteiger partial charge is 0.461 e. The maximum atomic E-state index is 12.2. The summed E-state index contributed by atoms with van der Waals surface area (Å²) in [6, 6.07) is 9.82. The lowest BCUT2D eigenvalue weighted by Gasteiger charge is -2.12. The maximum Gasteiger partial charge on any atom is 0.302 e. The van der Waals surface area contributed by atoms with E-state index in [4.69, 9.17) is 4.74 Å². The molecule has 2 rings (SSSR count). The number of carbonyl (C=O) groups is 3. The van der Waals surface area contributed by atoms with Crippen LogP contribution in [0.15, 0.2) is 42.6 Å². The first-order valence-corrected chi connectivity index (χ1v) is 6.97. The minimum atomic E-state index is -0.428. The van der Waals surface area contributed by atoms with Gasteiger partial charge in [-0.1, -0.05) is 18.2 Å². The number of ether oxygens (including phenoxy) is 1. The number of Topliss-reactive ketones (excluding diaryl/α,β-unsaturated/α-hetero) is 1. The summed E-state index contributed by atoms with van der Waals surface area (Å²) in [7, 11) is 0. The third-order valence-electron chi connectivity index (χ3n) is 3.09. The van der Waals surface area contributed by atoms with Crippen molar-refractivity contribution in [2.45, 2.75) is 20.5 Å². The Bertz CT molecular complexity index is 742. The summed E-state index contributed by atoms with van der Waals surface area (Å²) in [5, 5.41) is 2.70. The Morgan fingerprint density at radius 1 is 1.13 bits per heavy atom. The number of nitrogens with zero attached hydrogens (tertiary/aromatic N) is 1. The summed E-state index contributed by atoms with van der Waals surface area (Å²) in [6.45, 7) is 2.74. The third-order valence-corrected chi connectivity index (χ3v) is 3.09. The molecule has 1 aromatic heterocycles. The van der Waals surface area contributed by atoms with Crippen LogP contribution in [0.1, 0.15) is 40.3 Å². The van der Waals surface area contributed by atoms with E-state index in [-0.39, 0.29) is 18.1 Å². The first-order valence-electron chi connectivity index (χ1n) is 6.97. The monoisotopic (exact) mass is 312 g/mol. The highest BCUT2D eigenvalue weighted by molar-refractivity contribution is 6.04. The number of hydrogen-bond acceptors (Lipinski definition) is 5. The van der Waals surface area contributed by atoms with Crippen molar-refractivity contribution >= 4 is 23.3 Å². The zero-order valence-electron chi connectivity index (χ0n) is 12.8. The van der Waals surface area contributed by atoms with E-state index in [1.165, 1.54) is 20.0 Å². The smallest absolute Gasteiger partial charge is 0.302 e. The fourth-order valence-corrected chi connectivity index (χ4v) is 1.90. The molecule has 0 saturated carbocycles. The Kier molecular flexibility index (Phi) is 5.19. The van der Waals surface area contributed by atoms with E-state index in [1.807, 2.05) is 0 Å². The predicted octanol–water partition coefficient (Wildman–Crippen LogP) is 2.60. The molecule has 6 nitrogen and oxygen atoms in total. The molecule has 0 aliphatic heterocycles. The number of nitrogens with one attached hydrogen (secondary N) is 1. The predicted molar refractivity (Wildman–Crippen MR) is 84.1 cm³/mol. The van der Waals surface area contributed by atoms with Crippen LogP contribution in [0.2, 0.25) is 0 Å². The Balaban J connectivity index is 2.29. The number of benzene rings is 1. The molecule has 0 radical (unpaired) electrons. The van der Waals surface area contributed by atoms with Gasteiger partial charge in [-0.25, -0.2) is 0 Å². The van der Waals surface area contributed by atoms with Crippen molar-refractivity contribution in [2.24, 2.45) is 0 Å². The van der Waals surface area contributed by atoms with Crippen molar-refractivity contribution in [1.82, 2.24) is 4.98 Å². The Morgan fingerprint density at radius 2 is 1.91 bits per heavy atom. The van der Waals surface area contributed by atoms with Crippen molar-refractivity contribution in [1.29, 1.82) is 0 Å². The lowest BCUT2D eigenvalue weighted by atomic mass is 10.1. The molecule has 0 aliphatic carbocycles. The molecule has 1 aromatic carbocycles. The first kappa shape index (κ1) is 16.4. The average Bonchev–Trinajstić information content (AvgIpc) is 2.54. The van der Waals surface area contributed by atoms with Gasteiger partial charge in [-0.15, -0.1) is 0 Å². The van der Waals surface area contributed by atoms with Gasteiger partial charge in [0.05, 0.1) is 0 Å². The molecule has 0 aliphatic rings. The molecule has 6 heteroatoms. The van der Waals surface area contributed by atoms with Crippen LogP contribution in [-0.2, 0) is 16.1 Å². The van der Waals surface area contributed by atoms with E-state index in [2.05, 4.69) is 10.3 Å². The van der Waals surface area contributed by atoms with Gasteiger partial charge in [-0.2, -0.15) is 0 Å². The van der Waals surface area contributed by atoms with E-state index >= 15 is 0 Å². The van der Waals surface area contributed by atoms with E-state index in [0.29, 0.717) is 16.8 Å². The molecule has 0 atom stereocenters. The minimum Gasteiger partial charge on any atom is -0.461 e. The molecule has 0 unspecified atom stereocenters. The van der Waals surface area contributed by atoms with Crippen LogP contribution in [-0.4, -0.2) is 22.6 Å². The number of pyridine rings is 1. The standard InChI is InChI=1S/C17H16N2O4/c1-11(20)13-6-7-14(10-23-12(2)21)16(9-13)19-17(22)15-5-3-4-8-18-15/h3-9H,10H2,1-2H3,(H,19,22). The highest BCUT2D eigenvalue weighted by atomic mass is 16.5. The molecule has 1 N–H and O–H groups in total. The van der Waals surface area contributed by atoms with Crippen molar-refractivity contribution in [3.8, 4) is 0 Å². The van der Waals surface area contributed by atoms with Crippen LogP contribution in [0, 0.1) is 0 Å². The number of aromatic nitrogens is 1. The van der Waals surface area contributed by atoms with Gasteiger partial charge in [0.25, 0.3) is 5.91 Å². The number of hydrogen-bond donors (Lipinski definition) is 1. The second-order valence-corrected chi connectivity index (χ2v) is 4.88. The molecule has 2 aromatic rings. The summed E-state index contributed by atoms with van der Waals surface area (Å²) >= 11 is 0. The molecular formula is C17H16N2O4. The number of carbonyl (C=O) groups excluding carboxylic acids is 3. The number of amides is 1. The van der Waals surface area contributed by atoms with Crippen molar-refractivity contribution < 1.29 is 19.1 Å². The van der Waals surface area contributed by atoms with Crippen LogP contribution in [0.5, 0.6) is 0 Å². The quantitative estimate of drug-likeness (QED) is 0.677. The lowest BCUT2D eigenvalue weighted by molar-refractivity contribution is -0.142. The fraction of sp³-hybridized carbons (Fsp3) is 0.176. The van der Waals surface area contributed by atoms with Gasteiger partial charge < -0.3 is 10.1 Å². The van der Waals surface area contributed by atoms with Gasteiger partial charge in [0.2, 0.25) is 0 Å². The van der Waals surface area contributed by atoms with Crippen LogP contribution in [0.25, 0.3) is 0 Å². The summed E-state index contributed by atoms with van der Waals surface area (Å²) in [6.07, 6.45) is 1.51. The maximum absolute atomic E-state index is 12.2. The number of esters is 1. The summed E-state index contributed by atoms with van der Waals surface area (Å²) in [5.41, 5.74) is 1.70. The van der Waals surface area contributed by atoms with Gasteiger partial charge in [0.15, 0.2) is 5.78 Å². The average molecular weight is 312 g/mol. The number of anilines is 1. The number of rotatable bonds is 5. The molecule has 0 spiro atoms. The van der Waals surface area contributed by atoms with E-state index in [9.17, 15) is 14.4 Å². The second kappa shape index (κ2) is 7.31. The molecule has 0 bridgehead atoms. The molecule has 0 saturated heterocycles. The van der Waals surface area contributed by atoms with Crippen LogP contribution >= 0.6 is 0 Å². The fourth-order valence-electron chi connectivity index (χ4n) is 1.90. The zero-order chi connectivity index (χ0) is 16.8. The molecule has 118 valence electrons. The first-order chi connectivity index (χ1) is 11.0. The van der Waals surface area contributed by atoms with Gasteiger partial charge in [0, 0.05) is 29.9 Å². The van der Waals surface area contributed by atoms with E-state index < -0.39 is 11.9 Å². The molecule has 1 heterocycles. The van der Waals surface area contributed by atoms with Crippen molar-refractivity contribution in [3.63, 3.8) is 0 Å². The van der Waals surface area contributed by atoms with Gasteiger partial charge in [-0.3, -0.25) is 19.4 Å². The van der Waals surface area contributed by atoms with Crippen LogP contribution in [0.4, 0.5) is 5.69 Å². The lowest BCUT2D eigenvalue weighted by Crippen LogP contribution is -2.15. The van der Waals surface area contributed by atoms with Crippen molar-refractivity contribution in [3.05, 3.63) is 59.4 Å². The molecular weight excluding hydrogens is 296 g/mol. The highest BCUT2D eigenvalue weighted by Gasteiger charge is 2.13. The summed E-state index contributed by atoms with van der Waals surface area (Å²) in [5.74, 6) is -0.963. The molecule has 0 fully saturated rings. The van der Waals surface area contributed by atoms with Crippen LogP contribution in [0.3, 0.4) is 0 Å². The van der Waals surface area contributed by atoms with Crippen LogP contribution < -0.4 is 5.32 Å². The van der Waals surface area contributed by atoms with E-state index in [1.54, 1.807) is 36.4 Å². The highest BCUT2D eigenvalue weighted by Crippen LogP contribution is 2.20. The topological polar surface area (TPSA) is 85.4 Å². The van der Waals surface area contributed by atoms with E-state index in [0.717, 1.165) is 0 Å². The van der Waals surface area contributed by atoms with Gasteiger partial charge in [-0.05, 0) is 25.1 Å². The third kappa shape index (κ3) is 4.47. The second-order valence-electron chi connectivity index (χ2n) is 4.88. The molecule has 23 heavy (non-hydrogen) atoms. The van der Waals surface area contributed by atoms with Gasteiger partial charge in [0.1, 0.15) is 12.3 Å². The van der Waals surface area contributed by atoms with Gasteiger partial charge >= 0.3 is 5.97 Å². The summed E-state index contributed by atoms with van der Waals surface area (Å²) in [4.78, 5) is 38.7. The Hall–Kier alpha value is -3.02. The zero-order valence-corrected chi connectivity index (χ0v) is 12.8. The Morgan fingerprint density at radius 3 is 2.52 bits per heavy atom. The molecule has 1 amide bonds. The Labute approximate surface area is 133 Å². The number of ketones is 1. The minimum absolute atomic E-state index is 0.00531. The summed E-state index contributed by atoms with van der Waals surface area (Å²) < 4.78 is 4.97. The SMILES string of the molecule is CC(=O)OCc1ccc(C(C)=O)cc1NC(=O)c1ccccn1.